The van der Waals surface area contributed by atoms with Gasteiger partial charge in [-0.25, -0.2) is 0 Å². The molecule has 1 fully saturated rings. The van der Waals surface area contributed by atoms with Crippen LogP contribution in [0.1, 0.15) is 67.2 Å². The van der Waals surface area contributed by atoms with E-state index in [1.165, 1.54) is 25.7 Å². The SMILES string of the molecule is CC(C)CC[C@@H]1CC(C)(C)C(C)(P(C)C)CC1C. The van der Waals surface area contributed by atoms with E-state index >= 15 is 0 Å². The first-order valence-corrected chi connectivity index (χ1v) is 10.0. The molecule has 0 N–H and O–H groups in total. The van der Waals surface area contributed by atoms with Gasteiger partial charge in [0, 0.05) is 0 Å². The molecule has 0 aromatic heterocycles. The molecular formula is C17H35P. The molecule has 0 radical (unpaired) electrons. The highest BCUT2D eigenvalue weighted by molar-refractivity contribution is 7.57. The summed E-state index contributed by atoms with van der Waals surface area (Å²) in [6.45, 7) is 19.8. The molecule has 0 bridgehead atoms. The van der Waals surface area contributed by atoms with Gasteiger partial charge in [0.15, 0.2) is 0 Å². The standard InChI is InChI=1S/C17H35P/c1-13(2)9-10-15-12-16(4,5)17(6,18(7)8)11-14(15)3/h13-15H,9-12H2,1-8H3/t14?,15-,17?/m1/s1. The van der Waals surface area contributed by atoms with Crippen LogP contribution in [0.4, 0.5) is 0 Å². The molecule has 1 heteroatoms. The van der Waals surface area contributed by atoms with Crippen molar-refractivity contribution in [3.8, 4) is 0 Å². The number of rotatable bonds is 4. The Hall–Kier alpha value is 0.430. The van der Waals surface area contributed by atoms with Gasteiger partial charge in [0.1, 0.15) is 0 Å². The summed E-state index contributed by atoms with van der Waals surface area (Å²) in [4.78, 5) is 0. The topological polar surface area (TPSA) is 0 Å². The maximum absolute atomic E-state index is 2.56. The monoisotopic (exact) mass is 270 g/mol. The van der Waals surface area contributed by atoms with Crippen LogP contribution in [0, 0.1) is 23.2 Å². The zero-order valence-corrected chi connectivity index (χ0v) is 14.9. The molecule has 18 heavy (non-hydrogen) atoms. The van der Waals surface area contributed by atoms with E-state index in [2.05, 4.69) is 54.9 Å². The summed E-state index contributed by atoms with van der Waals surface area (Å²) in [5.74, 6) is 2.75. The molecule has 0 aliphatic heterocycles. The van der Waals surface area contributed by atoms with Gasteiger partial charge >= 0.3 is 0 Å². The first-order valence-electron chi connectivity index (χ1n) is 7.77. The highest BCUT2D eigenvalue weighted by atomic mass is 31.1. The van der Waals surface area contributed by atoms with Crippen molar-refractivity contribution in [2.24, 2.45) is 23.2 Å². The molecule has 0 aromatic carbocycles. The molecule has 3 atom stereocenters. The minimum atomic E-state index is 0.144. The highest BCUT2D eigenvalue weighted by Gasteiger charge is 2.49. The molecule has 1 aliphatic carbocycles. The van der Waals surface area contributed by atoms with Crippen LogP contribution >= 0.6 is 7.92 Å². The highest BCUT2D eigenvalue weighted by Crippen LogP contribution is 2.63. The van der Waals surface area contributed by atoms with E-state index in [0.29, 0.717) is 10.6 Å². The van der Waals surface area contributed by atoms with Crippen molar-refractivity contribution in [1.82, 2.24) is 0 Å². The number of hydrogen-bond acceptors (Lipinski definition) is 0. The summed E-state index contributed by atoms with van der Waals surface area (Å²) in [6, 6.07) is 0. The van der Waals surface area contributed by atoms with Gasteiger partial charge in [-0.05, 0) is 60.9 Å². The van der Waals surface area contributed by atoms with Crippen LogP contribution in [0.25, 0.3) is 0 Å². The third-order valence-electron chi connectivity index (χ3n) is 5.86. The summed E-state index contributed by atoms with van der Waals surface area (Å²) in [5, 5.41) is 0.579. The zero-order valence-electron chi connectivity index (χ0n) is 14.0. The van der Waals surface area contributed by atoms with Crippen molar-refractivity contribution in [2.45, 2.75) is 72.4 Å². The van der Waals surface area contributed by atoms with Crippen LogP contribution < -0.4 is 0 Å². The number of hydrogen-bond donors (Lipinski definition) is 0. The lowest BCUT2D eigenvalue weighted by Gasteiger charge is -2.56. The van der Waals surface area contributed by atoms with Crippen LogP contribution in [-0.4, -0.2) is 18.5 Å². The van der Waals surface area contributed by atoms with Crippen molar-refractivity contribution < 1.29 is 0 Å². The maximum atomic E-state index is 2.56. The van der Waals surface area contributed by atoms with Crippen molar-refractivity contribution in [1.29, 1.82) is 0 Å². The second-order valence-corrected chi connectivity index (χ2v) is 10.9. The van der Waals surface area contributed by atoms with E-state index in [-0.39, 0.29) is 7.92 Å². The maximum Gasteiger partial charge on any atom is -0.00738 e. The summed E-state index contributed by atoms with van der Waals surface area (Å²) in [6.07, 6.45) is 5.75. The predicted molar refractivity (Wildman–Crippen MR) is 86.9 cm³/mol. The van der Waals surface area contributed by atoms with Crippen LogP contribution in [0.5, 0.6) is 0 Å². The molecule has 0 saturated heterocycles. The molecule has 0 aromatic rings. The van der Waals surface area contributed by atoms with Crippen LogP contribution in [0.15, 0.2) is 0 Å². The fourth-order valence-electron chi connectivity index (χ4n) is 3.87. The predicted octanol–water partition coefficient (Wildman–Crippen LogP) is 6.00. The first kappa shape index (κ1) is 16.5. The van der Waals surface area contributed by atoms with Gasteiger partial charge in [-0.3, -0.25) is 0 Å². The van der Waals surface area contributed by atoms with Crippen molar-refractivity contribution in [3.63, 3.8) is 0 Å². The second kappa shape index (κ2) is 5.82. The Kier molecular flexibility index (Phi) is 5.33. The molecule has 1 rings (SSSR count). The van der Waals surface area contributed by atoms with E-state index < -0.39 is 0 Å². The Bertz CT molecular complexity index is 267. The fraction of sp³-hybridized carbons (Fsp3) is 1.00. The minimum absolute atomic E-state index is 0.144. The summed E-state index contributed by atoms with van der Waals surface area (Å²) >= 11 is 0. The van der Waals surface area contributed by atoms with E-state index in [1.807, 2.05) is 0 Å². The van der Waals surface area contributed by atoms with Gasteiger partial charge in [0.2, 0.25) is 0 Å². The third kappa shape index (κ3) is 3.30. The minimum Gasteiger partial charge on any atom is -0.106 e. The molecular weight excluding hydrogens is 235 g/mol. The van der Waals surface area contributed by atoms with Gasteiger partial charge in [0.25, 0.3) is 0 Å². The lowest BCUT2D eigenvalue weighted by atomic mass is 9.60. The smallest absolute Gasteiger partial charge is 0.00738 e. The third-order valence-corrected chi connectivity index (χ3v) is 8.62. The molecule has 0 amide bonds. The molecule has 0 heterocycles. The molecule has 2 unspecified atom stereocenters. The van der Waals surface area contributed by atoms with E-state index in [1.54, 1.807) is 0 Å². The Morgan fingerprint density at radius 2 is 1.67 bits per heavy atom. The Morgan fingerprint density at radius 1 is 1.11 bits per heavy atom. The average molecular weight is 270 g/mol. The Morgan fingerprint density at radius 3 is 2.11 bits per heavy atom. The quantitative estimate of drug-likeness (QED) is 0.550. The normalized spacial score (nSPS) is 36.3. The Balaban J connectivity index is 2.77. The van der Waals surface area contributed by atoms with Crippen LogP contribution in [0.2, 0.25) is 0 Å². The first-order chi connectivity index (χ1) is 8.10. The van der Waals surface area contributed by atoms with Gasteiger partial charge < -0.3 is 0 Å². The molecule has 0 nitrogen and oxygen atoms in total. The van der Waals surface area contributed by atoms with Crippen LogP contribution in [0.3, 0.4) is 0 Å². The van der Waals surface area contributed by atoms with Gasteiger partial charge in [-0.2, -0.15) is 0 Å². The fourth-order valence-corrected chi connectivity index (χ4v) is 5.82. The molecule has 1 saturated carbocycles. The van der Waals surface area contributed by atoms with Crippen LogP contribution in [-0.2, 0) is 0 Å². The van der Waals surface area contributed by atoms with Gasteiger partial charge in [0.05, 0.1) is 0 Å². The summed E-state index contributed by atoms with van der Waals surface area (Å²) in [7, 11) is 0.144. The molecule has 108 valence electrons. The molecule has 0 spiro atoms. The molecule has 1 aliphatic rings. The lowest BCUT2D eigenvalue weighted by molar-refractivity contribution is 0.0767. The second-order valence-electron chi connectivity index (χ2n) is 8.17. The zero-order chi connectivity index (χ0) is 14.1. The van der Waals surface area contributed by atoms with E-state index in [4.69, 9.17) is 0 Å². The van der Waals surface area contributed by atoms with Crippen molar-refractivity contribution >= 4 is 7.92 Å². The Labute approximate surface area is 117 Å². The average Bonchev–Trinajstić information content (AvgIpc) is 2.21. The van der Waals surface area contributed by atoms with Gasteiger partial charge in [-0.1, -0.05) is 48.0 Å². The van der Waals surface area contributed by atoms with E-state index in [9.17, 15) is 0 Å². The summed E-state index contributed by atoms with van der Waals surface area (Å²) < 4.78 is 0. The largest absolute Gasteiger partial charge is 0.106 e. The van der Waals surface area contributed by atoms with Crippen molar-refractivity contribution in [2.75, 3.05) is 13.3 Å². The lowest BCUT2D eigenvalue weighted by Crippen LogP contribution is -2.48. The van der Waals surface area contributed by atoms with Crippen molar-refractivity contribution in [3.05, 3.63) is 0 Å². The summed E-state index contributed by atoms with van der Waals surface area (Å²) in [5.41, 5.74) is 0.524. The van der Waals surface area contributed by atoms with E-state index in [0.717, 1.165) is 17.8 Å². The van der Waals surface area contributed by atoms with Gasteiger partial charge in [-0.15, -0.1) is 7.92 Å².